The van der Waals surface area contributed by atoms with Crippen molar-refractivity contribution in [3.8, 4) is 11.4 Å². The van der Waals surface area contributed by atoms with Crippen LogP contribution in [0.3, 0.4) is 0 Å². The van der Waals surface area contributed by atoms with Gasteiger partial charge in [-0.1, -0.05) is 12.1 Å². The number of carbonyl (C=O) groups is 1. The summed E-state index contributed by atoms with van der Waals surface area (Å²) in [7, 11) is 0. The van der Waals surface area contributed by atoms with Gasteiger partial charge in [-0.15, -0.1) is 0 Å². The van der Waals surface area contributed by atoms with Gasteiger partial charge in [-0.25, -0.2) is 4.98 Å². The second kappa shape index (κ2) is 7.00. The lowest BCUT2D eigenvalue weighted by Gasteiger charge is -2.06. The number of H-pyrrole nitrogens is 1. The molecule has 0 saturated carbocycles. The first kappa shape index (κ1) is 16.4. The van der Waals surface area contributed by atoms with E-state index >= 15 is 0 Å². The topological polar surface area (TPSA) is 88.0 Å². The first-order chi connectivity index (χ1) is 12.0. The van der Waals surface area contributed by atoms with Crippen molar-refractivity contribution >= 4 is 17.7 Å². The number of hydrogen-bond acceptors (Lipinski definition) is 4. The second-order valence-electron chi connectivity index (χ2n) is 5.59. The van der Waals surface area contributed by atoms with Gasteiger partial charge in [0, 0.05) is 29.1 Å². The van der Waals surface area contributed by atoms with Crippen LogP contribution in [0, 0.1) is 13.8 Å². The molecular weight excluding hydrogens is 318 g/mol. The molecule has 0 fully saturated rings. The molecule has 0 aliphatic heterocycles. The summed E-state index contributed by atoms with van der Waals surface area (Å²) in [6.07, 6.45) is 3.00. The zero-order valence-corrected chi connectivity index (χ0v) is 13.9. The Hall–Kier alpha value is -3.41. The summed E-state index contributed by atoms with van der Waals surface area (Å²) in [5.41, 5.74) is 1.73. The van der Waals surface area contributed by atoms with Gasteiger partial charge < -0.3 is 14.7 Å². The molecule has 0 radical (unpaired) electrons. The van der Waals surface area contributed by atoms with Crippen molar-refractivity contribution in [2.45, 2.75) is 13.8 Å². The number of nitrogens with one attached hydrogen (secondary N) is 2. The Morgan fingerprint density at radius 2 is 2.04 bits per heavy atom. The number of furan rings is 1. The van der Waals surface area contributed by atoms with Crippen LogP contribution in [0.25, 0.3) is 17.5 Å². The fourth-order valence-corrected chi connectivity index (χ4v) is 2.34. The highest BCUT2D eigenvalue weighted by molar-refractivity contribution is 6.02. The van der Waals surface area contributed by atoms with Crippen molar-refractivity contribution in [1.29, 1.82) is 0 Å². The zero-order chi connectivity index (χ0) is 17.8. The van der Waals surface area contributed by atoms with Gasteiger partial charge in [-0.05, 0) is 44.2 Å². The summed E-state index contributed by atoms with van der Waals surface area (Å²) in [6.45, 7) is 3.60. The van der Waals surface area contributed by atoms with Crippen molar-refractivity contribution in [1.82, 2.24) is 9.97 Å². The summed E-state index contributed by atoms with van der Waals surface area (Å²) >= 11 is 0. The van der Waals surface area contributed by atoms with Crippen LogP contribution in [-0.4, -0.2) is 15.9 Å². The Morgan fingerprint density at radius 3 is 2.76 bits per heavy atom. The molecule has 2 N–H and O–H groups in total. The number of carbonyl (C=O) groups excluding carboxylic acids is 1. The van der Waals surface area contributed by atoms with Crippen LogP contribution in [0.2, 0.25) is 0 Å². The van der Waals surface area contributed by atoms with E-state index < -0.39 is 0 Å². The second-order valence-corrected chi connectivity index (χ2v) is 5.59. The molecule has 2 aromatic heterocycles. The van der Waals surface area contributed by atoms with Gasteiger partial charge in [-0.3, -0.25) is 9.59 Å². The number of benzene rings is 1. The maximum atomic E-state index is 12.0. The van der Waals surface area contributed by atoms with Crippen LogP contribution in [0.4, 0.5) is 5.69 Å². The number of nitrogens with zero attached hydrogens (tertiary/aromatic N) is 1. The average Bonchev–Trinajstić information content (AvgIpc) is 2.98. The molecule has 0 unspecified atom stereocenters. The van der Waals surface area contributed by atoms with E-state index in [1.165, 1.54) is 12.1 Å². The molecule has 1 amide bonds. The monoisotopic (exact) mass is 335 g/mol. The SMILES string of the molecule is Cc1cc(=O)[nH]c(-c2cccc(NC(=O)/C=C/c3ccc(C)o3)c2)n1. The van der Waals surface area contributed by atoms with E-state index in [9.17, 15) is 9.59 Å². The summed E-state index contributed by atoms with van der Waals surface area (Å²) in [4.78, 5) is 30.6. The summed E-state index contributed by atoms with van der Waals surface area (Å²) in [5.74, 6) is 1.58. The van der Waals surface area contributed by atoms with E-state index in [2.05, 4.69) is 15.3 Å². The number of hydrogen-bond donors (Lipinski definition) is 2. The molecule has 0 aliphatic rings. The van der Waals surface area contributed by atoms with Crippen LogP contribution in [0.1, 0.15) is 17.2 Å². The predicted octanol–water partition coefficient (Wildman–Crippen LogP) is 3.30. The molecule has 2 heterocycles. The number of aromatic nitrogens is 2. The van der Waals surface area contributed by atoms with Crippen molar-refractivity contribution < 1.29 is 9.21 Å². The highest BCUT2D eigenvalue weighted by Crippen LogP contribution is 2.19. The Labute approximate surface area is 144 Å². The molecule has 6 nitrogen and oxygen atoms in total. The van der Waals surface area contributed by atoms with Crippen LogP contribution in [-0.2, 0) is 4.79 Å². The van der Waals surface area contributed by atoms with E-state index in [1.807, 2.05) is 19.1 Å². The highest BCUT2D eigenvalue weighted by atomic mass is 16.3. The molecular formula is C19H17N3O3. The maximum Gasteiger partial charge on any atom is 0.251 e. The molecule has 0 atom stereocenters. The largest absolute Gasteiger partial charge is 0.462 e. The predicted molar refractivity (Wildman–Crippen MR) is 96.1 cm³/mol. The first-order valence-corrected chi connectivity index (χ1v) is 7.73. The third kappa shape index (κ3) is 4.32. The van der Waals surface area contributed by atoms with E-state index in [0.717, 1.165) is 5.76 Å². The van der Waals surface area contributed by atoms with E-state index in [-0.39, 0.29) is 11.5 Å². The Kier molecular flexibility index (Phi) is 4.61. The van der Waals surface area contributed by atoms with Crippen LogP contribution < -0.4 is 10.9 Å². The third-order valence-electron chi connectivity index (χ3n) is 3.43. The number of aromatic amines is 1. The number of rotatable bonds is 4. The molecule has 25 heavy (non-hydrogen) atoms. The normalized spacial score (nSPS) is 11.0. The van der Waals surface area contributed by atoms with E-state index in [4.69, 9.17) is 4.42 Å². The first-order valence-electron chi connectivity index (χ1n) is 7.73. The summed E-state index contributed by atoms with van der Waals surface area (Å²) in [5, 5.41) is 2.77. The van der Waals surface area contributed by atoms with Crippen molar-refractivity contribution in [3.05, 3.63) is 76.1 Å². The molecule has 3 rings (SSSR count). The van der Waals surface area contributed by atoms with Gasteiger partial charge in [0.15, 0.2) is 0 Å². The van der Waals surface area contributed by atoms with E-state index in [0.29, 0.717) is 28.5 Å². The minimum Gasteiger partial charge on any atom is -0.462 e. The minimum absolute atomic E-state index is 0.214. The molecule has 0 saturated heterocycles. The number of amides is 1. The Balaban J connectivity index is 1.76. The summed E-state index contributed by atoms with van der Waals surface area (Å²) in [6, 6.07) is 12.2. The quantitative estimate of drug-likeness (QED) is 0.716. The summed E-state index contributed by atoms with van der Waals surface area (Å²) < 4.78 is 5.37. The van der Waals surface area contributed by atoms with Gasteiger partial charge >= 0.3 is 0 Å². The molecule has 0 aliphatic carbocycles. The lowest BCUT2D eigenvalue weighted by atomic mass is 10.2. The molecule has 6 heteroatoms. The fourth-order valence-electron chi connectivity index (χ4n) is 2.34. The Bertz CT molecular complexity index is 999. The standard InChI is InChI=1S/C19H17N3O3/c1-12-10-18(24)22-19(20-12)14-4-3-5-15(11-14)21-17(23)9-8-16-7-6-13(2)25-16/h3-11H,1-2H3,(H,21,23)(H,20,22,24)/b9-8+. The van der Waals surface area contributed by atoms with Gasteiger partial charge in [0.25, 0.3) is 5.56 Å². The maximum absolute atomic E-state index is 12.0. The molecule has 1 aromatic carbocycles. The lowest BCUT2D eigenvalue weighted by Crippen LogP contribution is -2.10. The number of anilines is 1. The molecule has 3 aromatic rings. The van der Waals surface area contributed by atoms with Crippen LogP contribution in [0.5, 0.6) is 0 Å². The van der Waals surface area contributed by atoms with Gasteiger partial charge in [0.1, 0.15) is 17.3 Å². The Morgan fingerprint density at radius 1 is 1.20 bits per heavy atom. The molecule has 0 bridgehead atoms. The van der Waals surface area contributed by atoms with Gasteiger partial charge in [0.05, 0.1) is 0 Å². The van der Waals surface area contributed by atoms with Crippen LogP contribution in [0.15, 0.2) is 57.8 Å². The highest BCUT2D eigenvalue weighted by Gasteiger charge is 2.05. The van der Waals surface area contributed by atoms with Crippen LogP contribution >= 0.6 is 0 Å². The van der Waals surface area contributed by atoms with Gasteiger partial charge in [0.2, 0.25) is 5.91 Å². The number of aryl methyl sites for hydroxylation is 2. The zero-order valence-electron chi connectivity index (χ0n) is 13.9. The van der Waals surface area contributed by atoms with Crippen molar-refractivity contribution in [3.63, 3.8) is 0 Å². The minimum atomic E-state index is -0.281. The van der Waals surface area contributed by atoms with Crippen molar-refractivity contribution in [2.24, 2.45) is 0 Å². The smallest absolute Gasteiger partial charge is 0.251 e. The molecule has 0 spiro atoms. The molecule has 126 valence electrons. The average molecular weight is 335 g/mol. The van der Waals surface area contributed by atoms with Crippen molar-refractivity contribution in [2.75, 3.05) is 5.32 Å². The third-order valence-corrected chi connectivity index (χ3v) is 3.43. The lowest BCUT2D eigenvalue weighted by molar-refractivity contribution is -0.111. The fraction of sp³-hybridized carbons (Fsp3) is 0.105. The van der Waals surface area contributed by atoms with E-state index in [1.54, 1.807) is 37.3 Å². The van der Waals surface area contributed by atoms with Gasteiger partial charge in [-0.2, -0.15) is 0 Å².